The maximum Gasteiger partial charge on any atom is 0.302 e. The number of allylic oxidation sites excluding steroid dienone is 1. The van der Waals surface area contributed by atoms with E-state index in [2.05, 4.69) is 10.3 Å². The molecule has 0 aliphatic rings. The van der Waals surface area contributed by atoms with Crippen molar-refractivity contribution in [2.45, 2.75) is 13.1 Å². The van der Waals surface area contributed by atoms with Gasteiger partial charge in [0.25, 0.3) is 0 Å². The zero-order chi connectivity index (χ0) is 15.6. The minimum Gasteiger partial charge on any atom is -0.381 e. The molecule has 5 heteroatoms. The largest absolute Gasteiger partial charge is 0.381 e. The van der Waals surface area contributed by atoms with Crippen molar-refractivity contribution >= 4 is 6.21 Å². The summed E-state index contributed by atoms with van der Waals surface area (Å²) in [7, 11) is 0. The molecule has 112 valence electrons. The van der Waals surface area contributed by atoms with Crippen molar-refractivity contribution < 1.29 is 4.92 Å². The van der Waals surface area contributed by atoms with Gasteiger partial charge >= 0.3 is 5.70 Å². The van der Waals surface area contributed by atoms with Gasteiger partial charge in [-0.15, -0.1) is 0 Å². The van der Waals surface area contributed by atoms with Crippen LogP contribution in [0.15, 0.2) is 77.6 Å². The van der Waals surface area contributed by atoms with Gasteiger partial charge in [0.1, 0.15) is 6.21 Å². The number of aliphatic imine (C=N–C) groups is 1. The van der Waals surface area contributed by atoms with Crippen molar-refractivity contribution in [3.63, 3.8) is 0 Å². The van der Waals surface area contributed by atoms with Crippen molar-refractivity contribution in [1.29, 1.82) is 0 Å². The molecule has 0 unspecified atom stereocenters. The molecule has 0 fully saturated rings. The summed E-state index contributed by atoms with van der Waals surface area (Å²) in [5.41, 5.74) is 2.01. The molecule has 0 radical (unpaired) electrons. The molecule has 5 nitrogen and oxygen atoms in total. The zero-order valence-corrected chi connectivity index (χ0v) is 12.1. The minimum absolute atomic E-state index is 0.0631. The monoisotopic (exact) mass is 295 g/mol. The molecule has 0 heterocycles. The molecule has 0 aliphatic heterocycles. The molecule has 0 aliphatic carbocycles. The maximum absolute atomic E-state index is 11.0. The van der Waals surface area contributed by atoms with Crippen LogP contribution in [0.5, 0.6) is 0 Å². The Bertz CT molecular complexity index is 652. The lowest BCUT2D eigenvalue weighted by Gasteiger charge is -2.00. The van der Waals surface area contributed by atoms with Crippen LogP contribution in [0.2, 0.25) is 0 Å². The number of hydrogen-bond acceptors (Lipinski definition) is 4. The molecule has 0 saturated heterocycles. The molecule has 0 bridgehead atoms. The number of hydrogen-bond donors (Lipinski definition) is 1. The third kappa shape index (κ3) is 5.20. The summed E-state index contributed by atoms with van der Waals surface area (Å²) >= 11 is 0. The molecule has 0 aromatic heterocycles. The third-order valence-electron chi connectivity index (χ3n) is 2.95. The lowest BCUT2D eigenvalue weighted by molar-refractivity contribution is -0.414. The third-order valence-corrected chi connectivity index (χ3v) is 2.95. The second-order valence-corrected chi connectivity index (χ2v) is 4.65. The van der Waals surface area contributed by atoms with Crippen LogP contribution in [0, 0.1) is 10.1 Å². The van der Waals surface area contributed by atoms with Gasteiger partial charge in [0.15, 0.2) is 0 Å². The lowest BCUT2D eigenvalue weighted by Crippen LogP contribution is -2.10. The maximum atomic E-state index is 11.0. The van der Waals surface area contributed by atoms with Crippen LogP contribution in [0.3, 0.4) is 0 Å². The summed E-state index contributed by atoms with van der Waals surface area (Å²) in [5, 5.41) is 13.9. The van der Waals surface area contributed by atoms with Crippen molar-refractivity contribution in [2.75, 3.05) is 0 Å². The number of rotatable bonds is 7. The average Bonchev–Trinajstić information content (AvgIpc) is 2.55. The molecule has 2 aromatic carbocycles. The second kappa shape index (κ2) is 8.36. The first-order chi connectivity index (χ1) is 10.8. The van der Waals surface area contributed by atoms with Crippen molar-refractivity contribution in [2.24, 2.45) is 4.99 Å². The van der Waals surface area contributed by atoms with E-state index >= 15 is 0 Å². The molecule has 22 heavy (non-hydrogen) atoms. The number of nitrogens with zero attached hydrogens (tertiary/aromatic N) is 2. The van der Waals surface area contributed by atoms with E-state index in [0.29, 0.717) is 13.1 Å². The van der Waals surface area contributed by atoms with Gasteiger partial charge in [0.05, 0.1) is 17.7 Å². The van der Waals surface area contributed by atoms with Gasteiger partial charge in [-0.1, -0.05) is 60.7 Å². The summed E-state index contributed by atoms with van der Waals surface area (Å²) in [4.78, 5) is 14.7. The van der Waals surface area contributed by atoms with Crippen LogP contribution < -0.4 is 5.32 Å². The van der Waals surface area contributed by atoms with Crippen LogP contribution >= 0.6 is 0 Å². The van der Waals surface area contributed by atoms with Gasteiger partial charge in [0.2, 0.25) is 0 Å². The van der Waals surface area contributed by atoms with Gasteiger partial charge in [-0.25, -0.2) is 0 Å². The van der Waals surface area contributed by atoms with Gasteiger partial charge < -0.3 is 5.32 Å². The fourth-order valence-electron chi connectivity index (χ4n) is 1.83. The van der Waals surface area contributed by atoms with Crippen LogP contribution in [0.1, 0.15) is 11.1 Å². The Kier molecular flexibility index (Phi) is 5.87. The first-order valence-electron chi connectivity index (χ1n) is 6.91. The number of nitrogens with one attached hydrogen (secondary N) is 1. The normalized spacial score (nSPS) is 11.5. The standard InChI is InChI=1S/C17H17N3O2/c21-20(22)17(13-18-11-15-7-3-1-4-8-15)14-19-12-16-9-5-2-6-10-16/h1-10,13-14,18H,11-12H2/b17-13-,19-14+. The van der Waals surface area contributed by atoms with Gasteiger partial charge in [-0.2, -0.15) is 0 Å². The van der Waals surface area contributed by atoms with E-state index in [1.165, 1.54) is 12.4 Å². The number of benzene rings is 2. The molecular weight excluding hydrogens is 278 g/mol. The van der Waals surface area contributed by atoms with Gasteiger partial charge in [0, 0.05) is 6.54 Å². The predicted octanol–water partition coefficient (Wildman–Crippen LogP) is 3.17. The van der Waals surface area contributed by atoms with Crippen LogP contribution in [0.25, 0.3) is 0 Å². The smallest absolute Gasteiger partial charge is 0.302 e. The van der Waals surface area contributed by atoms with Crippen molar-refractivity contribution in [1.82, 2.24) is 5.32 Å². The highest BCUT2D eigenvalue weighted by atomic mass is 16.6. The van der Waals surface area contributed by atoms with E-state index in [0.717, 1.165) is 11.1 Å². The van der Waals surface area contributed by atoms with Crippen LogP contribution in [-0.4, -0.2) is 11.1 Å². The predicted molar refractivity (Wildman–Crippen MR) is 87.0 cm³/mol. The van der Waals surface area contributed by atoms with Crippen molar-refractivity contribution in [3.05, 3.63) is 93.8 Å². The van der Waals surface area contributed by atoms with E-state index in [1.807, 2.05) is 60.7 Å². The average molecular weight is 295 g/mol. The number of nitro groups is 1. The molecule has 0 saturated carbocycles. The van der Waals surface area contributed by atoms with E-state index in [4.69, 9.17) is 0 Å². The Hall–Kier alpha value is -2.95. The fourth-order valence-corrected chi connectivity index (χ4v) is 1.83. The van der Waals surface area contributed by atoms with Crippen LogP contribution in [-0.2, 0) is 13.1 Å². The van der Waals surface area contributed by atoms with Crippen LogP contribution in [0.4, 0.5) is 0 Å². The summed E-state index contributed by atoms with van der Waals surface area (Å²) in [6.45, 7) is 0.954. The highest BCUT2D eigenvalue weighted by Crippen LogP contribution is 2.01. The quantitative estimate of drug-likeness (QED) is 0.484. The molecule has 0 amide bonds. The summed E-state index contributed by atoms with van der Waals surface area (Å²) in [6.07, 6.45) is 2.66. The molecule has 2 rings (SSSR count). The van der Waals surface area contributed by atoms with E-state index in [-0.39, 0.29) is 5.70 Å². The van der Waals surface area contributed by atoms with E-state index in [1.54, 1.807) is 0 Å². The first-order valence-corrected chi connectivity index (χ1v) is 6.91. The zero-order valence-electron chi connectivity index (χ0n) is 12.1. The van der Waals surface area contributed by atoms with E-state index < -0.39 is 4.92 Å². The first kappa shape index (κ1) is 15.4. The summed E-state index contributed by atoms with van der Waals surface area (Å²) < 4.78 is 0. The molecule has 2 aromatic rings. The minimum atomic E-state index is -0.452. The summed E-state index contributed by atoms with van der Waals surface area (Å²) in [6, 6.07) is 19.3. The Morgan fingerprint density at radius 3 is 2.23 bits per heavy atom. The topological polar surface area (TPSA) is 67.5 Å². The molecule has 0 atom stereocenters. The molecular formula is C17H17N3O2. The van der Waals surface area contributed by atoms with Crippen molar-refractivity contribution in [3.8, 4) is 0 Å². The van der Waals surface area contributed by atoms with Gasteiger partial charge in [-0.05, 0) is 11.1 Å². The SMILES string of the molecule is O=[N+]([O-])C(=C\NCc1ccccc1)/C=N/Cc1ccccc1. The van der Waals surface area contributed by atoms with Gasteiger partial charge in [-0.3, -0.25) is 15.1 Å². The summed E-state index contributed by atoms with van der Waals surface area (Å²) in [5.74, 6) is 0. The Morgan fingerprint density at radius 2 is 1.64 bits per heavy atom. The Labute approximate surface area is 129 Å². The molecule has 0 spiro atoms. The highest BCUT2D eigenvalue weighted by Gasteiger charge is 2.06. The lowest BCUT2D eigenvalue weighted by atomic mass is 10.2. The Morgan fingerprint density at radius 1 is 1.05 bits per heavy atom. The Balaban J connectivity index is 1.91. The molecule has 1 N–H and O–H groups in total. The second-order valence-electron chi connectivity index (χ2n) is 4.65. The fraction of sp³-hybridized carbons (Fsp3) is 0.118. The van der Waals surface area contributed by atoms with E-state index in [9.17, 15) is 10.1 Å². The highest BCUT2D eigenvalue weighted by molar-refractivity contribution is 5.75.